The summed E-state index contributed by atoms with van der Waals surface area (Å²) in [7, 11) is 0. The van der Waals surface area contributed by atoms with Crippen molar-refractivity contribution >= 4 is 27.3 Å². The number of benzene rings is 1. The third kappa shape index (κ3) is 4.09. The zero-order valence-corrected chi connectivity index (χ0v) is 14.5. The van der Waals surface area contributed by atoms with Crippen LogP contribution in [0, 0.1) is 0 Å². The molecule has 1 unspecified atom stereocenters. The molecule has 0 amide bonds. The Bertz CT molecular complexity index is 577. The summed E-state index contributed by atoms with van der Waals surface area (Å²) in [5.74, 6) is 0.989. The number of ether oxygens (including phenoxy) is 1. The highest BCUT2D eigenvalue weighted by Crippen LogP contribution is 2.33. The smallest absolute Gasteiger partial charge is 0.119 e. The molecule has 1 N–H and O–H groups in total. The molecule has 0 aliphatic heterocycles. The lowest BCUT2D eigenvalue weighted by atomic mass is 10.1. The minimum atomic E-state index is 0.260. The van der Waals surface area contributed by atoms with Crippen molar-refractivity contribution in [3.05, 3.63) is 50.6 Å². The van der Waals surface area contributed by atoms with Crippen LogP contribution in [-0.4, -0.2) is 12.6 Å². The van der Waals surface area contributed by atoms with E-state index in [9.17, 15) is 0 Å². The van der Waals surface area contributed by atoms with Crippen LogP contribution in [0.1, 0.15) is 42.7 Å². The number of thiophene rings is 1. The van der Waals surface area contributed by atoms with Gasteiger partial charge in [-0.2, -0.15) is 0 Å². The molecule has 21 heavy (non-hydrogen) atoms. The highest BCUT2D eigenvalue weighted by atomic mass is 79.9. The lowest BCUT2D eigenvalue weighted by molar-refractivity contribution is 0.303. The van der Waals surface area contributed by atoms with Crippen molar-refractivity contribution < 1.29 is 4.74 Å². The van der Waals surface area contributed by atoms with Crippen LogP contribution in [0.2, 0.25) is 0 Å². The topological polar surface area (TPSA) is 21.3 Å². The Kier molecular flexibility index (Phi) is 4.99. The minimum Gasteiger partial charge on any atom is -0.490 e. The van der Waals surface area contributed by atoms with Gasteiger partial charge in [0, 0.05) is 4.88 Å². The predicted octanol–water partition coefficient (Wildman–Crippen LogP) is 5.14. The van der Waals surface area contributed by atoms with Crippen molar-refractivity contribution in [3.8, 4) is 5.75 Å². The second-order valence-electron chi connectivity index (χ2n) is 5.42. The van der Waals surface area contributed by atoms with E-state index in [0.29, 0.717) is 6.10 Å². The molecule has 4 heteroatoms. The van der Waals surface area contributed by atoms with Crippen molar-refractivity contribution in [1.29, 1.82) is 0 Å². The van der Waals surface area contributed by atoms with E-state index >= 15 is 0 Å². The summed E-state index contributed by atoms with van der Waals surface area (Å²) in [6.45, 7) is 3.21. The molecule has 0 radical (unpaired) electrons. The van der Waals surface area contributed by atoms with Crippen LogP contribution in [-0.2, 0) is 0 Å². The highest BCUT2D eigenvalue weighted by molar-refractivity contribution is 9.11. The van der Waals surface area contributed by atoms with Crippen LogP contribution < -0.4 is 10.1 Å². The van der Waals surface area contributed by atoms with E-state index in [2.05, 4.69) is 64.6 Å². The average molecular weight is 366 g/mol. The summed E-state index contributed by atoms with van der Waals surface area (Å²) >= 11 is 5.35. The molecule has 1 fully saturated rings. The first-order valence-electron chi connectivity index (χ1n) is 7.51. The molecule has 1 aromatic carbocycles. The normalized spacial score (nSPS) is 15.9. The van der Waals surface area contributed by atoms with Gasteiger partial charge < -0.3 is 10.1 Å². The Balaban J connectivity index is 1.77. The van der Waals surface area contributed by atoms with Gasteiger partial charge in [0.15, 0.2) is 0 Å². The maximum Gasteiger partial charge on any atom is 0.119 e. The third-order valence-electron chi connectivity index (χ3n) is 3.52. The highest BCUT2D eigenvalue weighted by Gasteiger charge is 2.23. The van der Waals surface area contributed by atoms with E-state index in [0.717, 1.165) is 18.7 Å². The average Bonchev–Trinajstić information content (AvgIpc) is 3.21. The van der Waals surface area contributed by atoms with Crippen molar-refractivity contribution in [2.75, 3.05) is 6.54 Å². The SMILES string of the molecule is CCCNC(c1ccc(OC2CC2)cc1)c1ccc(Br)s1. The fourth-order valence-electron chi connectivity index (χ4n) is 2.27. The third-order valence-corrected chi connectivity index (χ3v) is 5.21. The van der Waals surface area contributed by atoms with E-state index in [1.165, 1.54) is 27.1 Å². The zero-order chi connectivity index (χ0) is 14.7. The van der Waals surface area contributed by atoms with Crippen molar-refractivity contribution in [1.82, 2.24) is 5.32 Å². The van der Waals surface area contributed by atoms with E-state index in [4.69, 9.17) is 4.74 Å². The van der Waals surface area contributed by atoms with Gasteiger partial charge in [0.1, 0.15) is 5.75 Å². The molecule has 3 rings (SSSR count). The van der Waals surface area contributed by atoms with Gasteiger partial charge in [-0.25, -0.2) is 0 Å². The molecule has 2 aromatic rings. The summed E-state index contributed by atoms with van der Waals surface area (Å²) in [6.07, 6.45) is 3.99. The van der Waals surface area contributed by atoms with E-state index in [-0.39, 0.29) is 6.04 Å². The molecule has 1 atom stereocenters. The Morgan fingerprint density at radius 1 is 1.24 bits per heavy atom. The van der Waals surface area contributed by atoms with Gasteiger partial charge in [-0.15, -0.1) is 11.3 Å². The zero-order valence-electron chi connectivity index (χ0n) is 12.1. The fourth-order valence-corrected chi connectivity index (χ4v) is 3.80. The lowest BCUT2D eigenvalue weighted by Gasteiger charge is -2.18. The molecule has 0 spiro atoms. The van der Waals surface area contributed by atoms with Crippen LogP contribution in [0.5, 0.6) is 5.75 Å². The van der Waals surface area contributed by atoms with Crippen LogP contribution in [0.25, 0.3) is 0 Å². The van der Waals surface area contributed by atoms with Crippen molar-refractivity contribution in [2.45, 2.75) is 38.3 Å². The van der Waals surface area contributed by atoms with Gasteiger partial charge in [-0.1, -0.05) is 19.1 Å². The quantitative estimate of drug-likeness (QED) is 0.733. The van der Waals surface area contributed by atoms with E-state index in [1.54, 1.807) is 11.3 Å². The standard InChI is InChI=1S/C17H20BrNOS/c1-2-11-19-17(15-9-10-16(18)21-15)12-3-5-13(6-4-12)20-14-7-8-14/h3-6,9-10,14,17,19H,2,7-8,11H2,1H3. The Morgan fingerprint density at radius 2 is 2.00 bits per heavy atom. The predicted molar refractivity (Wildman–Crippen MR) is 92.2 cm³/mol. The van der Waals surface area contributed by atoms with Gasteiger partial charge in [0.05, 0.1) is 15.9 Å². The Labute approximate surface area is 138 Å². The lowest BCUT2D eigenvalue weighted by Crippen LogP contribution is -2.22. The maximum atomic E-state index is 5.83. The van der Waals surface area contributed by atoms with Gasteiger partial charge in [-0.05, 0) is 71.6 Å². The monoisotopic (exact) mass is 365 g/mol. The van der Waals surface area contributed by atoms with Crippen LogP contribution in [0.3, 0.4) is 0 Å². The van der Waals surface area contributed by atoms with Crippen molar-refractivity contribution in [2.24, 2.45) is 0 Å². The number of hydrogen-bond donors (Lipinski definition) is 1. The first-order valence-corrected chi connectivity index (χ1v) is 9.12. The van der Waals surface area contributed by atoms with Crippen LogP contribution in [0.15, 0.2) is 40.2 Å². The molecule has 1 aliphatic rings. The van der Waals surface area contributed by atoms with Gasteiger partial charge >= 0.3 is 0 Å². The van der Waals surface area contributed by atoms with Crippen LogP contribution in [0.4, 0.5) is 0 Å². The molecule has 112 valence electrons. The van der Waals surface area contributed by atoms with Crippen molar-refractivity contribution in [3.63, 3.8) is 0 Å². The summed E-state index contributed by atoms with van der Waals surface area (Å²) in [5, 5.41) is 3.64. The molecular formula is C17H20BrNOS. The minimum absolute atomic E-state index is 0.260. The molecule has 0 saturated heterocycles. The van der Waals surface area contributed by atoms with Gasteiger partial charge in [0.2, 0.25) is 0 Å². The van der Waals surface area contributed by atoms with Crippen LogP contribution >= 0.6 is 27.3 Å². The molecular weight excluding hydrogens is 346 g/mol. The van der Waals surface area contributed by atoms with E-state index < -0.39 is 0 Å². The second kappa shape index (κ2) is 6.95. The fraction of sp³-hybridized carbons (Fsp3) is 0.412. The molecule has 2 nitrogen and oxygen atoms in total. The second-order valence-corrected chi connectivity index (χ2v) is 7.91. The number of halogens is 1. The number of rotatable bonds is 7. The summed E-state index contributed by atoms with van der Waals surface area (Å²) in [5.41, 5.74) is 1.29. The molecule has 1 heterocycles. The number of hydrogen-bond acceptors (Lipinski definition) is 3. The maximum absolute atomic E-state index is 5.83. The largest absolute Gasteiger partial charge is 0.490 e. The Morgan fingerprint density at radius 3 is 2.57 bits per heavy atom. The number of nitrogens with one attached hydrogen (secondary N) is 1. The van der Waals surface area contributed by atoms with Gasteiger partial charge in [-0.3, -0.25) is 0 Å². The first kappa shape index (κ1) is 15.1. The van der Waals surface area contributed by atoms with Gasteiger partial charge in [0.25, 0.3) is 0 Å². The summed E-state index contributed by atoms with van der Waals surface area (Å²) in [6, 6.07) is 13.1. The molecule has 1 aliphatic carbocycles. The summed E-state index contributed by atoms with van der Waals surface area (Å²) < 4.78 is 7.00. The molecule has 1 aromatic heterocycles. The first-order chi connectivity index (χ1) is 10.3. The molecule has 0 bridgehead atoms. The summed E-state index contributed by atoms with van der Waals surface area (Å²) in [4.78, 5) is 1.34. The van der Waals surface area contributed by atoms with E-state index in [1.807, 2.05) is 0 Å². The Hall–Kier alpha value is -0.840. The molecule has 1 saturated carbocycles.